The standard InChI is InChI=1S/C34H59N3O5Si/c1-5-41-22-14-23-42-32(29-17-10-7-11-18-29)30-19-12-20-36(26-30)33(38)35-31(25-28-15-8-6-9-16-28)27-37(34(39)40)21-13-24-43(2,3)4/h7,10-11,17-18,28,30-32H,5-6,8-9,12-16,19-27H2,1-4H3,(H,35,38)(H,39,40)/t30-,31+,32+/m1/s1. The highest BCUT2D eigenvalue weighted by Crippen LogP contribution is 2.33. The van der Waals surface area contributed by atoms with Crippen molar-refractivity contribution in [2.75, 3.05) is 46.0 Å². The maximum absolute atomic E-state index is 13.8. The molecule has 244 valence electrons. The molecule has 0 unspecified atom stereocenters. The zero-order valence-corrected chi connectivity index (χ0v) is 28.4. The van der Waals surface area contributed by atoms with Crippen molar-refractivity contribution in [1.82, 2.24) is 15.1 Å². The first-order chi connectivity index (χ1) is 20.7. The van der Waals surface area contributed by atoms with E-state index in [4.69, 9.17) is 9.47 Å². The number of amides is 3. The summed E-state index contributed by atoms with van der Waals surface area (Å²) in [6.07, 6.45) is 9.59. The second-order valence-electron chi connectivity index (χ2n) is 13.9. The monoisotopic (exact) mass is 617 g/mol. The van der Waals surface area contributed by atoms with E-state index in [1.54, 1.807) is 4.90 Å². The van der Waals surface area contributed by atoms with E-state index >= 15 is 0 Å². The Morgan fingerprint density at radius 2 is 1.79 bits per heavy atom. The van der Waals surface area contributed by atoms with Gasteiger partial charge in [-0.2, -0.15) is 0 Å². The summed E-state index contributed by atoms with van der Waals surface area (Å²) in [5, 5.41) is 13.4. The lowest BCUT2D eigenvalue weighted by molar-refractivity contribution is -0.0185. The molecule has 8 nitrogen and oxygen atoms in total. The SMILES string of the molecule is CCOCCCO[C@@H](c1ccccc1)[C@@H]1CCCN(C(=O)N[C@@H](CC2CCCCC2)CN(CCC[Si](C)(C)C)C(=O)O)C1. The highest BCUT2D eigenvalue weighted by Gasteiger charge is 2.33. The molecule has 2 fully saturated rings. The smallest absolute Gasteiger partial charge is 0.407 e. The quantitative estimate of drug-likeness (QED) is 0.138. The van der Waals surface area contributed by atoms with Gasteiger partial charge in [-0.1, -0.05) is 88.1 Å². The third kappa shape index (κ3) is 13.2. The van der Waals surface area contributed by atoms with Gasteiger partial charge in [-0.25, -0.2) is 9.59 Å². The maximum Gasteiger partial charge on any atom is 0.407 e. The molecule has 1 heterocycles. The molecule has 3 amide bonds. The van der Waals surface area contributed by atoms with E-state index in [-0.39, 0.29) is 24.1 Å². The summed E-state index contributed by atoms with van der Waals surface area (Å²) in [5.74, 6) is 0.737. The van der Waals surface area contributed by atoms with E-state index in [1.807, 2.05) is 30.0 Å². The Morgan fingerprint density at radius 1 is 1.05 bits per heavy atom. The van der Waals surface area contributed by atoms with Crippen LogP contribution < -0.4 is 5.32 Å². The number of hydrogen-bond donors (Lipinski definition) is 2. The molecule has 3 rings (SSSR count). The minimum Gasteiger partial charge on any atom is -0.465 e. The molecule has 43 heavy (non-hydrogen) atoms. The van der Waals surface area contributed by atoms with Crippen molar-refractivity contribution in [3.05, 3.63) is 35.9 Å². The average molecular weight is 618 g/mol. The summed E-state index contributed by atoms with van der Waals surface area (Å²) < 4.78 is 12.0. The molecule has 1 aliphatic heterocycles. The van der Waals surface area contributed by atoms with Gasteiger partial charge in [0.2, 0.25) is 0 Å². The first-order valence-electron chi connectivity index (χ1n) is 16.9. The Morgan fingerprint density at radius 3 is 2.47 bits per heavy atom. The first-order valence-corrected chi connectivity index (χ1v) is 20.6. The van der Waals surface area contributed by atoms with Crippen molar-refractivity contribution in [2.24, 2.45) is 11.8 Å². The van der Waals surface area contributed by atoms with Crippen LogP contribution in [-0.2, 0) is 9.47 Å². The summed E-state index contributed by atoms with van der Waals surface area (Å²) in [6.45, 7) is 13.2. The number of likely N-dealkylation sites (tertiary alicyclic amines) is 1. The van der Waals surface area contributed by atoms with E-state index in [0.717, 1.165) is 43.7 Å². The highest BCUT2D eigenvalue weighted by atomic mass is 28.3. The molecule has 1 aliphatic carbocycles. The normalized spacial score (nSPS) is 19.5. The predicted octanol–water partition coefficient (Wildman–Crippen LogP) is 7.64. The van der Waals surface area contributed by atoms with Crippen LogP contribution >= 0.6 is 0 Å². The summed E-state index contributed by atoms with van der Waals surface area (Å²) in [4.78, 5) is 29.5. The molecule has 0 radical (unpaired) electrons. The van der Waals surface area contributed by atoms with Gasteiger partial charge in [0.1, 0.15) is 0 Å². The van der Waals surface area contributed by atoms with Crippen molar-refractivity contribution >= 4 is 20.2 Å². The van der Waals surface area contributed by atoms with Crippen molar-refractivity contribution in [1.29, 1.82) is 0 Å². The van der Waals surface area contributed by atoms with E-state index in [0.29, 0.717) is 51.9 Å². The second-order valence-corrected chi connectivity index (χ2v) is 19.5. The number of carbonyl (C=O) groups excluding carboxylic acids is 1. The van der Waals surface area contributed by atoms with Gasteiger partial charge < -0.3 is 29.7 Å². The van der Waals surface area contributed by atoms with Gasteiger partial charge in [-0.05, 0) is 50.5 Å². The Kier molecular flexibility index (Phi) is 15.3. The molecule has 0 spiro atoms. The van der Waals surface area contributed by atoms with Gasteiger partial charge in [0.25, 0.3) is 0 Å². The minimum absolute atomic E-state index is 0.0684. The van der Waals surface area contributed by atoms with Crippen LogP contribution in [0.15, 0.2) is 30.3 Å². The number of hydrogen-bond acceptors (Lipinski definition) is 4. The lowest BCUT2D eigenvalue weighted by Crippen LogP contribution is -2.53. The number of ether oxygens (including phenoxy) is 2. The van der Waals surface area contributed by atoms with Crippen molar-refractivity contribution in [2.45, 2.75) is 109 Å². The molecule has 1 saturated heterocycles. The zero-order valence-electron chi connectivity index (χ0n) is 27.4. The predicted molar refractivity (Wildman–Crippen MR) is 176 cm³/mol. The molecule has 0 aromatic heterocycles. The van der Waals surface area contributed by atoms with E-state index < -0.39 is 14.2 Å². The third-order valence-corrected chi connectivity index (χ3v) is 10.8. The van der Waals surface area contributed by atoms with Crippen LogP contribution in [0, 0.1) is 11.8 Å². The molecular weight excluding hydrogens is 558 g/mol. The van der Waals surface area contributed by atoms with Crippen molar-refractivity contribution in [3.63, 3.8) is 0 Å². The minimum atomic E-state index is -1.25. The molecule has 1 aromatic rings. The van der Waals surface area contributed by atoms with Gasteiger partial charge in [0.15, 0.2) is 0 Å². The third-order valence-electron chi connectivity index (χ3n) is 8.97. The number of nitrogens with zero attached hydrogens (tertiary/aromatic N) is 2. The van der Waals surface area contributed by atoms with Gasteiger partial charge in [0, 0.05) is 66.0 Å². The fourth-order valence-electron chi connectivity index (χ4n) is 6.71. The van der Waals surface area contributed by atoms with Crippen LogP contribution in [0.25, 0.3) is 0 Å². The van der Waals surface area contributed by atoms with Gasteiger partial charge in [-0.3, -0.25) is 0 Å². The summed E-state index contributed by atoms with van der Waals surface area (Å²) in [6, 6.07) is 11.2. The van der Waals surface area contributed by atoms with E-state index in [2.05, 4.69) is 37.1 Å². The zero-order chi connectivity index (χ0) is 31.1. The van der Waals surface area contributed by atoms with Crippen molar-refractivity contribution < 1.29 is 24.2 Å². The molecule has 1 saturated carbocycles. The summed E-state index contributed by atoms with van der Waals surface area (Å²) in [7, 11) is -1.25. The average Bonchev–Trinajstić information content (AvgIpc) is 2.98. The van der Waals surface area contributed by atoms with Crippen LogP contribution in [0.1, 0.15) is 82.8 Å². The number of rotatable bonds is 17. The van der Waals surface area contributed by atoms with Crippen LogP contribution in [-0.4, -0.2) is 87.1 Å². The fraction of sp³-hybridized carbons (Fsp3) is 0.765. The Bertz CT molecular complexity index is 938. The number of carboxylic acid groups (broad SMARTS) is 1. The Balaban J connectivity index is 1.66. The highest BCUT2D eigenvalue weighted by molar-refractivity contribution is 6.76. The second kappa shape index (κ2) is 18.6. The number of carbonyl (C=O) groups is 2. The van der Waals surface area contributed by atoms with Gasteiger partial charge >= 0.3 is 12.1 Å². The fourth-order valence-corrected chi connectivity index (χ4v) is 7.92. The van der Waals surface area contributed by atoms with Crippen LogP contribution in [0.5, 0.6) is 0 Å². The van der Waals surface area contributed by atoms with Gasteiger partial charge in [-0.15, -0.1) is 0 Å². The molecule has 9 heteroatoms. The Labute approximate surface area is 261 Å². The maximum atomic E-state index is 13.8. The van der Waals surface area contributed by atoms with Crippen LogP contribution in [0.3, 0.4) is 0 Å². The molecule has 1 aromatic carbocycles. The number of benzene rings is 1. The van der Waals surface area contributed by atoms with E-state index in [9.17, 15) is 14.7 Å². The summed E-state index contributed by atoms with van der Waals surface area (Å²) >= 11 is 0. The van der Waals surface area contributed by atoms with E-state index in [1.165, 1.54) is 32.1 Å². The molecule has 2 aliphatic rings. The van der Waals surface area contributed by atoms with Gasteiger partial charge in [0.05, 0.1) is 6.10 Å². The van der Waals surface area contributed by atoms with Crippen molar-refractivity contribution in [3.8, 4) is 0 Å². The van der Waals surface area contributed by atoms with Crippen LogP contribution in [0.2, 0.25) is 25.7 Å². The number of urea groups is 1. The summed E-state index contributed by atoms with van der Waals surface area (Å²) in [5.41, 5.74) is 1.15. The lowest BCUT2D eigenvalue weighted by Gasteiger charge is -2.38. The molecule has 2 N–H and O–H groups in total. The number of piperidine rings is 1. The largest absolute Gasteiger partial charge is 0.465 e. The van der Waals surface area contributed by atoms with Crippen LogP contribution in [0.4, 0.5) is 9.59 Å². The topological polar surface area (TPSA) is 91.3 Å². The number of nitrogens with one attached hydrogen (secondary N) is 1. The first kappa shape index (κ1) is 35.4. The molecular formula is C34H59N3O5Si. The lowest BCUT2D eigenvalue weighted by atomic mass is 9.84. The molecule has 0 bridgehead atoms. The molecule has 3 atom stereocenters. The Hall–Kier alpha value is -2.10.